The fraction of sp³-hybridized carbons (Fsp3) is 0.143. The molecule has 0 aliphatic rings. The lowest BCUT2D eigenvalue weighted by Crippen LogP contribution is -2.15. The number of nitriles is 1. The summed E-state index contributed by atoms with van der Waals surface area (Å²) in [6.45, 7) is 1.53. The van der Waals surface area contributed by atoms with E-state index in [2.05, 4.69) is 15.2 Å². The molecule has 0 aliphatic carbocycles. The molecule has 0 atom stereocenters. The Morgan fingerprint density at radius 2 is 2.29 bits per heavy atom. The molecule has 1 N–H and O–H groups in total. The van der Waals surface area contributed by atoms with Gasteiger partial charge in [0.15, 0.2) is 5.52 Å². The Morgan fingerprint density at radius 1 is 1.57 bits per heavy atom. The minimum absolute atomic E-state index is 0.171. The second-order valence-electron chi connectivity index (χ2n) is 2.66. The second-order valence-corrected chi connectivity index (χ2v) is 2.66. The molecular weight excluding hydrogens is 189 g/mol. The summed E-state index contributed by atoms with van der Waals surface area (Å²) in [5.74, 6) is -0.689. The number of aryl methyl sites for hydroxylation is 1. The second kappa shape index (κ2) is 2.63. The molecule has 0 spiro atoms. The predicted molar refractivity (Wildman–Crippen MR) is 43.0 cm³/mol. The van der Waals surface area contributed by atoms with Gasteiger partial charge in [0.1, 0.15) is 17.5 Å². The smallest absolute Gasteiger partial charge is 0.278 e. The van der Waals surface area contributed by atoms with Crippen molar-refractivity contribution in [3.8, 4) is 6.07 Å². The lowest BCUT2D eigenvalue weighted by atomic mass is 10.3. The molecule has 2 aromatic heterocycles. The van der Waals surface area contributed by atoms with Crippen molar-refractivity contribution in [2.45, 2.75) is 6.92 Å². The van der Waals surface area contributed by atoms with E-state index in [4.69, 9.17) is 5.26 Å². The number of aromatic nitrogens is 4. The van der Waals surface area contributed by atoms with Gasteiger partial charge in [-0.2, -0.15) is 9.65 Å². The molecule has 0 unspecified atom stereocenters. The summed E-state index contributed by atoms with van der Waals surface area (Å²) in [6, 6.07) is 1.56. The van der Waals surface area contributed by atoms with E-state index in [9.17, 15) is 9.18 Å². The summed E-state index contributed by atoms with van der Waals surface area (Å²) in [6.07, 6.45) is 0. The van der Waals surface area contributed by atoms with Crippen LogP contribution in [0.2, 0.25) is 0 Å². The number of fused-ring (bicyclic) bond motifs is 1. The van der Waals surface area contributed by atoms with Crippen molar-refractivity contribution < 1.29 is 4.39 Å². The zero-order valence-electron chi connectivity index (χ0n) is 7.08. The average molecular weight is 193 g/mol. The Morgan fingerprint density at radius 3 is 2.93 bits per heavy atom. The third-order valence-corrected chi connectivity index (χ3v) is 1.69. The molecule has 2 heterocycles. The van der Waals surface area contributed by atoms with Crippen molar-refractivity contribution in [3.05, 3.63) is 27.7 Å². The summed E-state index contributed by atoms with van der Waals surface area (Å²) >= 11 is 0. The summed E-state index contributed by atoms with van der Waals surface area (Å²) in [4.78, 5) is 13.7. The summed E-state index contributed by atoms with van der Waals surface area (Å²) < 4.78 is 13.8. The van der Waals surface area contributed by atoms with Gasteiger partial charge >= 0.3 is 0 Å². The molecule has 7 heteroatoms. The van der Waals surface area contributed by atoms with Crippen molar-refractivity contribution in [2.75, 3.05) is 0 Å². The maximum absolute atomic E-state index is 13.0. The Bertz CT molecular complexity index is 605. The molecule has 2 rings (SSSR count). The molecular formula is C7H4FN5O. The molecule has 0 bridgehead atoms. The third-order valence-electron chi connectivity index (χ3n) is 1.69. The molecule has 6 nitrogen and oxygen atoms in total. The number of halogens is 1. The van der Waals surface area contributed by atoms with E-state index in [0.29, 0.717) is 5.82 Å². The number of nitrogens with one attached hydrogen (secondary N) is 1. The fourth-order valence-corrected chi connectivity index (χ4v) is 1.15. The van der Waals surface area contributed by atoms with Gasteiger partial charge in [-0.15, -0.1) is 14.8 Å². The van der Waals surface area contributed by atoms with E-state index < -0.39 is 17.1 Å². The van der Waals surface area contributed by atoms with Gasteiger partial charge in [0.25, 0.3) is 11.5 Å². The molecule has 0 radical (unpaired) electrons. The number of nitrogens with zero attached hydrogens (tertiary/aromatic N) is 4. The normalized spacial score (nSPS) is 10.4. The van der Waals surface area contributed by atoms with Crippen LogP contribution in [-0.2, 0) is 0 Å². The highest BCUT2D eigenvalue weighted by atomic mass is 19.1. The highest BCUT2D eigenvalue weighted by Gasteiger charge is 2.16. The molecule has 0 fully saturated rings. The minimum Gasteiger partial charge on any atom is -0.307 e. The van der Waals surface area contributed by atoms with Crippen LogP contribution in [0.4, 0.5) is 4.39 Å². The maximum Gasteiger partial charge on any atom is 0.278 e. The van der Waals surface area contributed by atoms with Gasteiger partial charge in [0, 0.05) is 0 Å². The highest BCUT2D eigenvalue weighted by molar-refractivity contribution is 5.57. The summed E-state index contributed by atoms with van der Waals surface area (Å²) in [5, 5.41) is 15.6. The largest absolute Gasteiger partial charge is 0.307 e. The Kier molecular flexibility index (Phi) is 1.57. The van der Waals surface area contributed by atoms with E-state index in [1.165, 1.54) is 6.92 Å². The highest BCUT2D eigenvalue weighted by Crippen LogP contribution is 2.07. The van der Waals surface area contributed by atoms with Crippen LogP contribution >= 0.6 is 0 Å². The molecule has 0 saturated carbocycles. The van der Waals surface area contributed by atoms with Crippen molar-refractivity contribution in [3.63, 3.8) is 0 Å². The fourth-order valence-electron chi connectivity index (χ4n) is 1.15. The molecule has 14 heavy (non-hydrogen) atoms. The maximum atomic E-state index is 13.0. The number of rotatable bonds is 0. The summed E-state index contributed by atoms with van der Waals surface area (Å²) in [5.41, 5.74) is -1.14. The molecule has 2 aromatic rings. The number of hydrogen-bond acceptors (Lipinski definition) is 4. The van der Waals surface area contributed by atoms with E-state index in [1.54, 1.807) is 6.07 Å². The zero-order valence-corrected chi connectivity index (χ0v) is 7.08. The van der Waals surface area contributed by atoms with E-state index in [0.717, 1.165) is 4.63 Å². The van der Waals surface area contributed by atoms with Gasteiger partial charge in [-0.1, -0.05) is 0 Å². The van der Waals surface area contributed by atoms with E-state index in [1.807, 2.05) is 0 Å². The SMILES string of the molecule is Cc1nn2nc(F)c(C#N)c2c(=O)[nH]1. The molecule has 0 amide bonds. The average Bonchev–Trinajstić information content (AvgIpc) is 2.40. The van der Waals surface area contributed by atoms with Crippen molar-refractivity contribution in [1.82, 2.24) is 19.8 Å². The van der Waals surface area contributed by atoms with Crippen molar-refractivity contribution in [1.29, 1.82) is 5.26 Å². The third kappa shape index (κ3) is 0.974. The number of hydrogen-bond donors (Lipinski definition) is 1. The van der Waals surface area contributed by atoms with E-state index >= 15 is 0 Å². The van der Waals surface area contributed by atoms with Crippen molar-refractivity contribution in [2.24, 2.45) is 0 Å². The lowest BCUT2D eigenvalue weighted by molar-refractivity contribution is 0.554. The summed E-state index contributed by atoms with van der Waals surface area (Å²) in [7, 11) is 0. The molecule has 70 valence electrons. The van der Waals surface area contributed by atoms with Crippen LogP contribution in [0.3, 0.4) is 0 Å². The van der Waals surface area contributed by atoms with Gasteiger partial charge in [-0.25, -0.2) is 0 Å². The standard InChI is InChI=1S/C7H4FN5O/c1-3-10-7(14)5-4(2-9)6(8)12-13(5)11-3/h1H3,(H,10,11,14). The van der Waals surface area contributed by atoms with Crippen LogP contribution in [0, 0.1) is 24.2 Å². The Balaban J connectivity index is 3.05. The lowest BCUT2D eigenvalue weighted by Gasteiger charge is -1.92. The molecule has 0 aliphatic heterocycles. The van der Waals surface area contributed by atoms with Gasteiger partial charge in [0.2, 0.25) is 0 Å². The monoisotopic (exact) mass is 193 g/mol. The van der Waals surface area contributed by atoms with Gasteiger partial charge < -0.3 is 4.98 Å². The number of aromatic amines is 1. The van der Waals surface area contributed by atoms with Crippen LogP contribution in [0.15, 0.2) is 4.79 Å². The minimum atomic E-state index is -0.990. The van der Waals surface area contributed by atoms with Crippen LogP contribution in [-0.4, -0.2) is 19.8 Å². The first kappa shape index (κ1) is 8.37. The van der Waals surface area contributed by atoms with Crippen LogP contribution in [0.5, 0.6) is 0 Å². The van der Waals surface area contributed by atoms with Crippen LogP contribution in [0.1, 0.15) is 11.4 Å². The van der Waals surface area contributed by atoms with Crippen LogP contribution in [0.25, 0.3) is 5.52 Å². The number of H-pyrrole nitrogens is 1. The van der Waals surface area contributed by atoms with Gasteiger partial charge in [-0.3, -0.25) is 4.79 Å². The predicted octanol–water partition coefficient (Wildman–Crippen LogP) is -0.263. The topological polar surface area (TPSA) is 86.8 Å². The quantitative estimate of drug-likeness (QED) is 0.624. The first-order valence-electron chi connectivity index (χ1n) is 3.69. The first-order chi connectivity index (χ1) is 6.63. The first-order valence-corrected chi connectivity index (χ1v) is 3.69. The molecule has 0 saturated heterocycles. The van der Waals surface area contributed by atoms with Gasteiger partial charge in [0.05, 0.1) is 0 Å². The zero-order chi connectivity index (χ0) is 10.3. The van der Waals surface area contributed by atoms with Crippen LogP contribution < -0.4 is 5.56 Å². The molecule has 0 aromatic carbocycles. The van der Waals surface area contributed by atoms with Crippen molar-refractivity contribution >= 4 is 5.52 Å². The Labute approximate surface area is 76.6 Å². The van der Waals surface area contributed by atoms with E-state index in [-0.39, 0.29) is 5.52 Å². The van der Waals surface area contributed by atoms with Gasteiger partial charge in [-0.05, 0) is 6.92 Å². The Hall–Kier alpha value is -2.23.